The van der Waals surface area contributed by atoms with E-state index < -0.39 is 0 Å². The molecule has 58 heavy (non-hydrogen) atoms. The summed E-state index contributed by atoms with van der Waals surface area (Å²) in [6, 6.07) is 0. The molecule has 0 aliphatic heterocycles. The number of carbonyl (C=O) groups excluding carboxylic acids is 1. The number of amides is 1. The summed E-state index contributed by atoms with van der Waals surface area (Å²) in [5.74, 6) is 0.283. The Kier molecular flexibility index (Phi) is 52.1. The van der Waals surface area contributed by atoms with E-state index in [1.165, 1.54) is 296 Å². The van der Waals surface area contributed by atoms with Crippen molar-refractivity contribution in [1.29, 1.82) is 0 Å². The lowest BCUT2D eigenvalue weighted by molar-refractivity contribution is -0.121. The Bertz CT molecular complexity index is 739. The molecule has 0 unspecified atom stereocenters. The average molecular weight is 818 g/mol. The summed E-state index contributed by atoms with van der Waals surface area (Å²) in [7, 11) is 0. The van der Waals surface area contributed by atoms with Gasteiger partial charge >= 0.3 is 0 Å². The van der Waals surface area contributed by atoms with E-state index in [9.17, 15) is 4.79 Å². The van der Waals surface area contributed by atoms with Crippen molar-refractivity contribution in [2.45, 2.75) is 323 Å². The second-order valence-electron chi connectivity index (χ2n) is 19.1. The molecule has 3 heteroatoms. The summed E-state index contributed by atoms with van der Waals surface area (Å²) in [5.41, 5.74) is 0. The van der Waals surface area contributed by atoms with E-state index in [0.29, 0.717) is 0 Å². The van der Waals surface area contributed by atoms with Gasteiger partial charge in [-0.15, -0.1) is 0 Å². The van der Waals surface area contributed by atoms with Gasteiger partial charge < -0.3 is 10.2 Å². The van der Waals surface area contributed by atoms with Gasteiger partial charge in [0.15, 0.2) is 0 Å². The van der Waals surface area contributed by atoms with Gasteiger partial charge in [-0.05, 0) is 45.3 Å². The van der Waals surface area contributed by atoms with Crippen molar-refractivity contribution in [3.05, 3.63) is 0 Å². The summed E-state index contributed by atoms with van der Waals surface area (Å²) >= 11 is 0. The number of unbranched alkanes of at least 4 members (excludes halogenated alkanes) is 42. The zero-order valence-corrected chi connectivity index (χ0v) is 40.9. The largest absolute Gasteiger partial charge is 0.356 e. The minimum absolute atomic E-state index is 0.283. The van der Waals surface area contributed by atoms with Gasteiger partial charge in [-0.2, -0.15) is 0 Å². The zero-order chi connectivity index (χ0) is 41.9. The first-order chi connectivity index (χ1) is 28.7. The first-order valence-electron chi connectivity index (χ1n) is 27.7. The number of nitrogens with one attached hydrogen (secondary N) is 1. The third kappa shape index (κ3) is 49.8. The highest BCUT2D eigenvalue weighted by molar-refractivity contribution is 5.75. The first-order valence-corrected chi connectivity index (χ1v) is 27.7. The molecule has 0 radical (unpaired) electrons. The molecule has 3 nitrogen and oxygen atoms in total. The standard InChI is InChI=1S/C55H112N2O/c1-4-7-10-13-16-19-22-25-28-30-33-36-39-42-45-48-53-57(52-47-44-41-38-35-32-27-24-21-18-15-12-9-6-3)54-49-51-56-55(58)50-46-43-40-37-34-31-29-26-23-20-17-14-11-8-5-2/h4-54H2,1-3H3,(H,56,58). The van der Waals surface area contributed by atoms with Crippen molar-refractivity contribution < 1.29 is 4.79 Å². The summed E-state index contributed by atoms with van der Waals surface area (Å²) in [6.45, 7) is 11.4. The van der Waals surface area contributed by atoms with Gasteiger partial charge in [-0.1, -0.05) is 290 Å². The lowest BCUT2D eigenvalue weighted by Gasteiger charge is -2.22. The highest BCUT2D eigenvalue weighted by Gasteiger charge is 2.07. The Labute approximate surface area is 368 Å². The Balaban J connectivity index is 4.03. The molecule has 0 aromatic carbocycles. The fraction of sp³-hybridized carbons (Fsp3) is 0.982. The normalized spacial score (nSPS) is 11.7. The van der Waals surface area contributed by atoms with E-state index in [2.05, 4.69) is 31.0 Å². The van der Waals surface area contributed by atoms with Crippen LogP contribution < -0.4 is 5.32 Å². The molecule has 0 atom stereocenters. The Morgan fingerprint density at radius 1 is 0.276 bits per heavy atom. The zero-order valence-electron chi connectivity index (χ0n) is 40.9. The van der Waals surface area contributed by atoms with Crippen LogP contribution in [0.3, 0.4) is 0 Å². The number of rotatable bonds is 52. The maximum Gasteiger partial charge on any atom is 0.219 e. The quantitative estimate of drug-likeness (QED) is 0.0620. The predicted molar refractivity (Wildman–Crippen MR) is 263 cm³/mol. The average Bonchev–Trinajstić information content (AvgIpc) is 3.23. The highest BCUT2D eigenvalue weighted by Crippen LogP contribution is 2.17. The van der Waals surface area contributed by atoms with E-state index in [1.807, 2.05) is 0 Å². The van der Waals surface area contributed by atoms with Gasteiger partial charge in [-0.25, -0.2) is 0 Å². The molecule has 0 bridgehead atoms. The maximum absolute atomic E-state index is 12.6. The minimum Gasteiger partial charge on any atom is -0.356 e. The lowest BCUT2D eigenvalue weighted by atomic mass is 10.0. The van der Waals surface area contributed by atoms with Gasteiger partial charge in [0.2, 0.25) is 5.91 Å². The van der Waals surface area contributed by atoms with E-state index in [1.54, 1.807) is 0 Å². The topological polar surface area (TPSA) is 32.3 Å². The van der Waals surface area contributed by atoms with Crippen LogP contribution in [0.1, 0.15) is 323 Å². The van der Waals surface area contributed by atoms with Crippen LogP contribution >= 0.6 is 0 Å². The van der Waals surface area contributed by atoms with Crippen molar-refractivity contribution in [2.24, 2.45) is 0 Å². The molecular formula is C55H112N2O. The summed E-state index contributed by atoms with van der Waals surface area (Å²) in [4.78, 5) is 15.3. The second kappa shape index (κ2) is 52.6. The Morgan fingerprint density at radius 2 is 0.483 bits per heavy atom. The fourth-order valence-electron chi connectivity index (χ4n) is 9.02. The molecule has 0 saturated heterocycles. The molecule has 0 saturated carbocycles. The third-order valence-corrected chi connectivity index (χ3v) is 13.1. The SMILES string of the molecule is CCCCCCCCCCCCCCCCCCN(CCCCCCCCCCCCCCCC)CCCNC(=O)CCCCCCCCCCCCCCCCC. The van der Waals surface area contributed by atoms with Crippen molar-refractivity contribution in [3.63, 3.8) is 0 Å². The summed E-state index contributed by atoms with van der Waals surface area (Å²) < 4.78 is 0. The molecule has 0 fully saturated rings. The molecule has 1 amide bonds. The maximum atomic E-state index is 12.6. The third-order valence-electron chi connectivity index (χ3n) is 13.1. The molecule has 0 aliphatic rings. The van der Waals surface area contributed by atoms with Crippen molar-refractivity contribution in [2.75, 3.05) is 26.2 Å². The number of nitrogens with zero attached hydrogens (tertiary/aromatic N) is 1. The van der Waals surface area contributed by atoms with Crippen LogP contribution in [0.5, 0.6) is 0 Å². The molecule has 0 spiro atoms. The van der Waals surface area contributed by atoms with Crippen LogP contribution in [0, 0.1) is 0 Å². The van der Waals surface area contributed by atoms with Crippen LogP contribution in [-0.4, -0.2) is 37.0 Å². The monoisotopic (exact) mass is 817 g/mol. The van der Waals surface area contributed by atoms with Crippen molar-refractivity contribution in [3.8, 4) is 0 Å². The lowest BCUT2D eigenvalue weighted by Crippen LogP contribution is -2.31. The fourth-order valence-corrected chi connectivity index (χ4v) is 9.02. The Hall–Kier alpha value is -0.570. The van der Waals surface area contributed by atoms with Crippen LogP contribution in [0.15, 0.2) is 0 Å². The van der Waals surface area contributed by atoms with Gasteiger partial charge in [0.1, 0.15) is 0 Å². The molecule has 0 rings (SSSR count). The van der Waals surface area contributed by atoms with Crippen LogP contribution in [0.2, 0.25) is 0 Å². The van der Waals surface area contributed by atoms with Crippen molar-refractivity contribution >= 4 is 5.91 Å². The molecule has 0 aliphatic carbocycles. The molecular weight excluding hydrogens is 705 g/mol. The molecule has 0 aromatic rings. The van der Waals surface area contributed by atoms with E-state index in [0.717, 1.165) is 32.4 Å². The number of hydrogen-bond donors (Lipinski definition) is 1. The van der Waals surface area contributed by atoms with Gasteiger partial charge in [-0.3, -0.25) is 4.79 Å². The first kappa shape index (κ1) is 57.4. The van der Waals surface area contributed by atoms with Crippen LogP contribution in [0.25, 0.3) is 0 Å². The molecule has 1 N–H and O–H groups in total. The second-order valence-corrected chi connectivity index (χ2v) is 19.1. The van der Waals surface area contributed by atoms with E-state index in [4.69, 9.17) is 0 Å². The van der Waals surface area contributed by atoms with Gasteiger partial charge in [0.05, 0.1) is 0 Å². The van der Waals surface area contributed by atoms with Crippen molar-refractivity contribution in [1.82, 2.24) is 10.2 Å². The van der Waals surface area contributed by atoms with E-state index in [-0.39, 0.29) is 5.91 Å². The Morgan fingerprint density at radius 3 is 0.741 bits per heavy atom. The van der Waals surface area contributed by atoms with Gasteiger partial charge in [0.25, 0.3) is 0 Å². The van der Waals surface area contributed by atoms with Crippen LogP contribution in [0.4, 0.5) is 0 Å². The molecule has 348 valence electrons. The highest BCUT2D eigenvalue weighted by atomic mass is 16.1. The number of carbonyl (C=O) groups is 1. The van der Waals surface area contributed by atoms with E-state index >= 15 is 0 Å². The predicted octanol–water partition coefficient (Wildman–Crippen LogP) is 18.8. The smallest absolute Gasteiger partial charge is 0.219 e. The molecule has 0 heterocycles. The summed E-state index contributed by atoms with van der Waals surface area (Å²) in [5, 5.41) is 3.27. The van der Waals surface area contributed by atoms with Crippen LogP contribution in [-0.2, 0) is 4.79 Å². The minimum atomic E-state index is 0.283. The summed E-state index contributed by atoms with van der Waals surface area (Å²) in [6.07, 6.45) is 65.4. The van der Waals surface area contributed by atoms with Gasteiger partial charge in [0, 0.05) is 13.0 Å². The molecule has 0 aromatic heterocycles. The number of hydrogen-bond acceptors (Lipinski definition) is 2.